The highest BCUT2D eigenvalue weighted by Crippen LogP contribution is 2.07. The summed E-state index contributed by atoms with van der Waals surface area (Å²) in [5.74, 6) is 2.23. The van der Waals surface area contributed by atoms with Gasteiger partial charge in [0.1, 0.15) is 11.6 Å². The van der Waals surface area contributed by atoms with Crippen molar-refractivity contribution in [2.24, 2.45) is 0 Å². The summed E-state index contributed by atoms with van der Waals surface area (Å²) < 4.78 is 4.52. The van der Waals surface area contributed by atoms with Crippen molar-refractivity contribution in [2.45, 2.75) is 78.8 Å². The Morgan fingerprint density at radius 1 is 0.731 bits per heavy atom. The van der Waals surface area contributed by atoms with E-state index in [-0.39, 0.29) is 0 Å². The average molecular weight is 360 g/mol. The Kier molecular flexibility index (Phi) is 9.46. The minimum absolute atomic E-state index is 1.07. The van der Waals surface area contributed by atoms with Gasteiger partial charge in [0.05, 0.1) is 0 Å². The van der Waals surface area contributed by atoms with Crippen LogP contribution in [0.2, 0.25) is 0 Å². The predicted molar refractivity (Wildman–Crippen MR) is 108 cm³/mol. The van der Waals surface area contributed by atoms with Crippen molar-refractivity contribution in [1.29, 1.82) is 0 Å². The molecule has 0 unspecified atom stereocenters. The number of unbranched alkanes of at least 4 members (excludes halogenated alkanes) is 4. The van der Waals surface area contributed by atoms with E-state index >= 15 is 0 Å². The minimum atomic E-state index is 1.07. The highest BCUT2D eigenvalue weighted by Gasteiger charge is 2.06. The summed E-state index contributed by atoms with van der Waals surface area (Å²) in [5, 5.41) is 0. The largest absolute Gasteiger partial charge is 0.335 e. The van der Waals surface area contributed by atoms with E-state index in [1.54, 1.807) is 0 Å². The molecule has 0 N–H and O–H groups in total. The maximum Gasteiger partial charge on any atom is 0.105 e. The van der Waals surface area contributed by atoms with Crippen LogP contribution in [0.4, 0.5) is 0 Å². The van der Waals surface area contributed by atoms with Crippen LogP contribution < -0.4 is 0 Å². The molecule has 0 spiro atoms. The summed E-state index contributed by atoms with van der Waals surface area (Å²) in [6.07, 6.45) is 17.1. The Balaban J connectivity index is 1.72. The summed E-state index contributed by atoms with van der Waals surface area (Å²) in [4.78, 5) is 11.3. The van der Waals surface area contributed by atoms with E-state index < -0.39 is 0 Å². The molecule has 0 amide bonds. The molecular formula is C21H37N5. The van der Waals surface area contributed by atoms with Gasteiger partial charge in [-0.25, -0.2) is 9.97 Å². The fourth-order valence-electron chi connectivity index (χ4n) is 3.48. The lowest BCUT2D eigenvalue weighted by Crippen LogP contribution is -2.28. The van der Waals surface area contributed by atoms with Crippen LogP contribution in [0.1, 0.15) is 63.5 Å². The first kappa shape index (κ1) is 20.7. The molecule has 26 heavy (non-hydrogen) atoms. The third-order valence-electron chi connectivity index (χ3n) is 5.17. The number of aromatic nitrogens is 4. The van der Waals surface area contributed by atoms with Crippen molar-refractivity contribution in [3.05, 3.63) is 36.4 Å². The molecule has 0 saturated carbocycles. The molecule has 0 aliphatic rings. The predicted octanol–water partition coefficient (Wildman–Crippen LogP) is 4.45. The van der Waals surface area contributed by atoms with E-state index in [1.807, 2.05) is 12.4 Å². The van der Waals surface area contributed by atoms with Gasteiger partial charge in [0.2, 0.25) is 0 Å². The van der Waals surface area contributed by atoms with Crippen molar-refractivity contribution in [3.63, 3.8) is 0 Å². The fraction of sp³-hybridized carbons (Fsp3) is 0.714. The zero-order chi connectivity index (χ0) is 18.6. The third-order valence-corrected chi connectivity index (χ3v) is 5.17. The van der Waals surface area contributed by atoms with Gasteiger partial charge < -0.3 is 14.0 Å². The van der Waals surface area contributed by atoms with Crippen LogP contribution in [-0.2, 0) is 13.1 Å². The quantitative estimate of drug-likeness (QED) is 0.468. The van der Waals surface area contributed by atoms with Crippen LogP contribution in [0, 0.1) is 13.8 Å². The fourth-order valence-corrected chi connectivity index (χ4v) is 3.48. The third kappa shape index (κ3) is 7.32. The zero-order valence-corrected chi connectivity index (χ0v) is 17.0. The average Bonchev–Trinajstić information content (AvgIpc) is 3.23. The first-order chi connectivity index (χ1) is 12.7. The van der Waals surface area contributed by atoms with Gasteiger partial charge in [-0.3, -0.25) is 0 Å². The summed E-state index contributed by atoms with van der Waals surface area (Å²) in [5.41, 5.74) is 0. The van der Waals surface area contributed by atoms with Crippen LogP contribution >= 0.6 is 0 Å². The van der Waals surface area contributed by atoms with E-state index in [2.05, 4.69) is 57.2 Å². The SMILES string of the molecule is CCCCCCCN(CCCn1ccnc1C)CCCn1ccnc1C. The molecule has 0 radical (unpaired) electrons. The lowest BCUT2D eigenvalue weighted by molar-refractivity contribution is 0.251. The van der Waals surface area contributed by atoms with Crippen molar-refractivity contribution in [3.8, 4) is 0 Å². The molecule has 0 bridgehead atoms. The number of imidazole rings is 2. The molecule has 0 saturated heterocycles. The molecule has 0 atom stereocenters. The molecule has 2 aromatic rings. The Bertz CT molecular complexity index is 555. The second kappa shape index (κ2) is 11.9. The summed E-state index contributed by atoms with van der Waals surface area (Å²) >= 11 is 0. The Labute approximate surface area is 159 Å². The van der Waals surface area contributed by atoms with Crippen molar-refractivity contribution < 1.29 is 0 Å². The normalized spacial score (nSPS) is 11.5. The van der Waals surface area contributed by atoms with Crippen LogP contribution in [0.5, 0.6) is 0 Å². The molecule has 0 aliphatic heterocycles. The van der Waals surface area contributed by atoms with E-state index in [0.717, 1.165) is 24.7 Å². The number of hydrogen-bond donors (Lipinski definition) is 0. The van der Waals surface area contributed by atoms with Crippen molar-refractivity contribution in [1.82, 2.24) is 24.0 Å². The van der Waals surface area contributed by atoms with Gasteiger partial charge in [-0.2, -0.15) is 0 Å². The van der Waals surface area contributed by atoms with E-state index in [9.17, 15) is 0 Å². The summed E-state index contributed by atoms with van der Waals surface area (Å²) in [7, 11) is 0. The van der Waals surface area contributed by atoms with Gasteiger partial charge >= 0.3 is 0 Å². The molecule has 0 aliphatic carbocycles. The smallest absolute Gasteiger partial charge is 0.105 e. The van der Waals surface area contributed by atoms with Crippen LogP contribution in [0.15, 0.2) is 24.8 Å². The summed E-state index contributed by atoms with van der Waals surface area (Å²) in [6, 6.07) is 0. The van der Waals surface area contributed by atoms with Crippen LogP contribution in [0.3, 0.4) is 0 Å². The first-order valence-electron chi connectivity index (χ1n) is 10.4. The molecule has 2 aromatic heterocycles. The van der Waals surface area contributed by atoms with Gasteiger partial charge in [0.15, 0.2) is 0 Å². The number of rotatable bonds is 14. The molecule has 2 heterocycles. The molecule has 0 fully saturated rings. The van der Waals surface area contributed by atoms with Gasteiger partial charge in [0, 0.05) is 37.9 Å². The van der Waals surface area contributed by atoms with Gasteiger partial charge in [-0.1, -0.05) is 32.6 Å². The molecule has 0 aromatic carbocycles. The topological polar surface area (TPSA) is 38.9 Å². The lowest BCUT2D eigenvalue weighted by Gasteiger charge is -2.23. The Hall–Kier alpha value is -1.62. The highest BCUT2D eigenvalue weighted by molar-refractivity contribution is 4.89. The molecular weight excluding hydrogens is 322 g/mol. The van der Waals surface area contributed by atoms with Crippen molar-refractivity contribution in [2.75, 3.05) is 19.6 Å². The molecule has 5 nitrogen and oxygen atoms in total. The zero-order valence-electron chi connectivity index (χ0n) is 17.0. The minimum Gasteiger partial charge on any atom is -0.335 e. The van der Waals surface area contributed by atoms with Crippen LogP contribution in [0.25, 0.3) is 0 Å². The molecule has 146 valence electrons. The number of aryl methyl sites for hydroxylation is 4. The molecule has 5 heteroatoms. The Morgan fingerprint density at radius 2 is 1.23 bits per heavy atom. The second-order valence-electron chi connectivity index (χ2n) is 7.30. The van der Waals surface area contributed by atoms with Gasteiger partial charge in [-0.15, -0.1) is 0 Å². The second-order valence-corrected chi connectivity index (χ2v) is 7.30. The van der Waals surface area contributed by atoms with Crippen LogP contribution in [-0.4, -0.2) is 43.6 Å². The lowest BCUT2D eigenvalue weighted by atomic mass is 10.1. The standard InChI is InChI=1S/C21H37N5/c1-4-5-6-7-8-13-24(14-9-16-25-18-11-22-20(25)2)15-10-17-26-19-12-23-21(26)3/h11-12,18-19H,4-10,13-17H2,1-3H3. The first-order valence-corrected chi connectivity index (χ1v) is 10.4. The molecule has 2 rings (SSSR count). The van der Waals surface area contributed by atoms with E-state index in [0.29, 0.717) is 0 Å². The van der Waals surface area contributed by atoms with Crippen molar-refractivity contribution >= 4 is 0 Å². The van der Waals surface area contributed by atoms with E-state index in [1.165, 1.54) is 64.6 Å². The van der Waals surface area contributed by atoms with Gasteiger partial charge in [0.25, 0.3) is 0 Å². The van der Waals surface area contributed by atoms with E-state index in [4.69, 9.17) is 0 Å². The summed E-state index contributed by atoms with van der Waals surface area (Å²) in [6.45, 7) is 12.2. The maximum atomic E-state index is 4.32. The number of nitrogens with zero attached hydrogens (tertiary/aromatic N) is 5. The highest BCUT2D eigenvalue weighted by atomic mass is 15.1. The number of hydrogen-bond acceptors (Lipinski definition) is 3. The van der Waals surface area contributed by atoms with Gasteiger partial charge in [-0.05, 0) is 52.7 Å². The maximum absolute atomic E-state index is 4.32. The Morgan fingerprint density at radius 3 is 1.69 bits per heavy atom. The monoisotopic (exact) mass is 359 g/mol.